The summed E-state index contributed by atoms with van der Waals surface area (Å²) in [7, 11) is -1.58. The Hall–Kier alpha value is 0.430. The van der Waals surface area contributed by atoms with E-state index in [1.54, 1.807) is 0 Å². The monoisotopic (exact) mass is 266 g/mol. The van der Waals surface area contributed by atoms with Gasteiger partial charge >= 0.3 is 5.91 Å². The maximum atomic E-state index is 11.3. The SMILES string of the molecule is CN(C)C(=O)C1=C(O)C(=O)NS1(=O)=O.[Na].[Na]. The van der Waals surface area contributed by atoms with Crippen LogP contribution in [0.2, 0.25) is 0 Å². The third-order valence-corrected chi connectivity index (χ3v) is 2.89. The summed E-state index contributed by atoms with van der Waals surface area (Å²) in [5.74, 6) is -3.19. The van der Waals surface area contributed by atoms with Gasteiger partial charge in [-0.3, -0.25) is 9.59 Å². The number of nitrogens with zero attached hydrogens (tertiary/aromatic N) is 1. The van der Waals surface area contributed by atoms with Gasteiger partial charge in [0.05, 0.1) is 0 Å². The molecule has 0 saturated carbocycles. The Labute approximate surface area is 137 Å². The summed E-state index contributed by atoms with van der Waals surface area (Å²) in [6, 6.07) is 0. The molecule has 0 saturated heterocycles. The fraction of sp³-hybridized carbons (Fsp3) is 0.333. The summed E-state index contributed by atoms with van der Waals surface area (Å²) in [6.07, 6.45) is 0. The van der Waals surface area contributed by atoms with Gasteiger partial charge in [-0.25, -0.2) is 13.1 Å². The number of carbonyl (C=O) groups excluding carboxylic acids is 2. The molecule has 2 radical (unpaired) electrons. The molecule has 1 heterocycles. The molecule has 0 atom stereocenters. The van der Waals surface area contributed by atoms with E-state index in [1.165, 1.54) is 18.8 Å². The van der Waals surface area contributed by atoms with E-state index in [0.29, 0.717) is 0 Å². The van der Waals surface area contributed by atoms with E-state index in [4.69, 9.17) is 5.11 Å². The molecule has 0 spiro atoms. The Morgan fingerprint density at radius 2 is 1.75 bits per heavy atom. The van der Waals surface area contributed by atoms with Crippen molar-refractivity contribution in [3.63, 3.8) is 0 Å². The Balaban J connectivity index is 0. The number of hydrogen-bond donors (Lipinski definition) is 2. The molecule has 0 bridgehead atoms. The van der Waals surface area contributed by atoms with Crippen LogP contribution in [0, 0.1) is 0 Å². The molecule has 0 fully saturated rings. The number of likely N-dealkylation sites (N-methyl/N-ethyl adjacent to an activating group) is 1. The third-order valence-electron chi connectivity index (χ3n) is 1.53. The zero-order chi connectivity index (χ0) is 11.1. The van der Waals surface area contributed by atoms with Gasteiger partial charge in [0.1, 0.15) is 0 Å². The number of nitrogens with one attached hydrogen (secondary N) is 1. The normalized spacial score (nSPS) is 17.0. The van der Waals surface area contributed by atoms with Crippen LogP contribution < -0.4 is 4.72 Å². The summed E-state index contributed by atoms with van der Waals surface area (Å²) in [5, 5.41) is 9.05. The Morgan fingerprint density at radius 3 is 2.00 bits per heavy atom. The molecule has 0 aromatic rings. The fourth-order valence-electron chi connectivity index (χ4n) is 0.871. The first-order valence-electron chi connectivity index (χ1n) is 3.49. The predicted octanol–water partition coefficient (Wildman–Crippen LogP) is -2.46. The van der Waals surface area contributed by atoms with Crippen LogP contribution in [0.1, 0.15) is 0 Å². The van der Waals surface area contributed by atoms with Crippen LogP contribution in [-0.2, 0) is 19.6 Å². The molecule has 0 aliphatic carbocycles. The molecule has 0 aromatic carbocycles. The van der Waals surface area contributed by atoms with Crippen LogP contribution in [-0.4, -0.2) is 103 Å². The summed E-state index contributed by atoms with van der Waals surface area (Å²) in [6.45, 7) is 0. The molecule has 7 nitrogen and oxygen atoms in total. The molecule has 10 heteroatoms. The van der Waals surface area contributed by atoms with Crippen LogP contribution in [0.3, 0.4) is 0 Å². The molecule has 0 aromatic heterocycles. The second-order valence-corrected chi connectivity index (χ2v) is 4.43. The van der Waals surface area contributed by atoms with E-state index < -0.39 is 32.5 Å². The minimum absolute atomic E-state index is 0. The molecule has 1 aliphatic heterocycles. The second-order valence-electron chi connectivity index (χ2n) is 2.81. The van der Waals surface area contributed by atoms with Gasteiger partial charge in [0, 0.05) is 73.2 Å². The van der Waals surface area contributed by atoms with Crippen molar-refractivity contribution in [2.45, 2.75) is 0 Å². The zero-order valence-electron chi connectivity index (χ0n) is 9.44. The van der Waals surface area contributed by atoms with Crippen molar-refractivity contribution < 1.29 is 23.1 Å². The number of amides is 2. The smallest absolute Gasteiger partial charge is 0.301 e. The average molecular weight is 266 g/mol. The molecule has 16 heavy (non-hydrogen) atoms. The van der Waals surface area contributed by atoms with Crippen LogP contribution in [0.5, 0.6) is 0 Å². The first-order valence-corrected chi connectivity index (χ1v) is 4.97. The molecule has 2 N–H and O–H groups in total. The molecular weight excluding hydrogens is 258 g/mol. The average Bonchev–Trinajstić information content (AvgIpc) is 2.20. The summed E-state index contributed by atoms with van der Waals surface area (Å²) in [5.41, 5.74) is 0. The van der Waals surface area contributed by atoms with Crippen molar-refractivity contribution in [2.75, 3.05) is 14.1 Å². The van der Waals surface area contributed by atoms with Crippen LogP contribution in [0.15, 0.2) is 10.7 Å². The Morgan fingerprint density at radius 1 is 1.31 bits per heavy atom. The minimum Gasteiger partial charge on any atom is -0.502 e. The van der Waals surface area contributed by atoms with Gasteiger partial charge in [-0.1, -0.05) is 0 Å². The van der Waals surface area contributed by atoms with Gasteiger partial charge in [0.15, 0.2) is 4.91 Å². The van der Waals surface area contributed by atoms with Gasteiger partial charge in [-0.2, -0.15) is 0 Å². The van der Waals surface area contributed by atoms with Gasteiger partial charge in [-0.05, 0) is 0 Å². The van der Waals surface area contributed by atoms with Crippen molar-refractivity contribution >= 4 is 81.0 Å². The number of rotatable bonds is 1. The molecule has 1 aliphatic rings. The van der Waals surface area contributed by atoms with Crippen molar-refractivity contribution in [3.8, 4) is 0 Å². The standard InChI is InChI=1S/C6H8N2O5S.2Na/c1-8(2)6(11)4-3(9)5(10)7-14(4,12)13;;/h9H,1-2H3,(H,7,10);;. The number of hydrogen-bond acceptors (Lipinski definition) is 5. The molecule has 1 rings (SSSR count). The summed E-state index contributed by atoms with van der Waals surface area (Å²) < 4.78 is 23.8. The summed E-state index contributed by atoms with van der Waals surface area (Å²) in [4.78, 5) is 22.0. The van der Waals surface area contributed by atoms with Crippen LogP contribution in [0.25, 0.3) is 0 Å². The van der Waals surface area contributed by atoms with Crippen LogP contribution in [0.4, 0.5) is 0 Å². The fourth-order valence-corrected chi connectivity index (χ4v) is 2.07. The molecule has 80 valence electrons. The van der Waals surface area contributed by atoms with Gasteiger partial charge in [-0.15, -0.1) is 0 Å². The summed E-state index contributed by atoms with van der Waals surface area (Å²) >= 11 is 0. The number of aliphatic hydroxyl groups is 1. The molecular formula is C6H8N2Na2O5S. The van der Waals surface area contributed by atoms with E-state index in [0.717, 1.165) is 4.90 Å². The van der Waals surface area contributed by atoms with Crippen molar-refractivity contribution in [1.82, 2.24) is 9.62 Å². The van der Waals surface area contributed by atoms with Gasteiger partial charge in [0.2, 0.25) is 5.76 Å². The molecule has 0 unspecified atom stereocenters. The van der Waals surface area contributed by atoms with Crippen molar-refractivity contribution in [1.29, 1.82) is 0 Å². The number of carbonyl (C=O) groups is 2. The van der Waals surface area contributed by atoms with E-state index in [-0.39, 0.29) is 59.1 Å². The first-order chi connectivity index (χ1) is 6.27. The minimum atomic E-state index is -4.19. The Bertz CT molecular complexity index is 442. The maximum absolute atomic E-state index is 11.3. The maximum Gasteiger partial charge on any atom is 0.301 e. The second kappa shape index (κ2) is 6.39. The van der Waals surface area contributed by atoms with Gasteiger partial charge < -0.3 is 10.0 Å². The van der Waals surface area contributed by atoms with Crippen molar-refractivity contribution in [3.05, 3.63) is 10.7 Å². The van der Waals surface area contributed by atoms with Crippen LogP contribution >= 0.6 is 0 Å². The van der Waals surface area contributed by atoms with E-state index >= 15 is 0 Å². The van der Waals surface area contributed by atoms with Crippen molar-refractivity contribution in [2.24, 2.45) is 0 Å². The first kappa shape index (κ1) is 18.8. The van der Waals surface area contributed by atoms with E-state index in [9.17, 15) is 18.0 Å². The van der Waals surface area contributed by atoms with E-state index in [2.05, 4.69) is 0 Å². The third kappa shape index (κ3) is 3.46. The topological polar surface area (TPSA) is 104 Å². The number of aliphatic hydroxyl groups excluding tert-OH is 1. The largest absolute Gasteiger partial charge is 0.502 e. The quantitative estimate of drug-likeness (QED) is 0.512. The zero-order valence-corrected chi connectivity index (χ0v) is 14.3. The number of sulfonamides is 1. The predicted molar refractivity (Wildman–Crippen MR) is 56.9 cm³/mol. The Kier molecular flexibility index (Phi) is 7.50. The molecule has 2 amide bonds. The van der Waals surface area contributed by atoms with Gasteiger partial charge in [0.25, 0.3) is 15.9 Å². The van der Waals surface area contributed by atoms with E-state index in [1.807, 2.05) is 0 Å².